The number of amides is 1. The second-order valence-corrected chi connectivity index (χ2v) is 7.59. The van der Waals surface area contributed by atoms with E-state index in [-0.39, 0.29) is 11.3 Å². The third kappa shape index (κ3) is 3.62. The highest BCUT2D eigenvalue weighted by molar-refractivity contribution is 6.46. The predicted octanol–water partition coefficient (Wildman–Crippen LogP) is 3.11. The van der Waals surface area contributed by atoms with Gasteiger partial charge >= 0.3 is 0 Å². The van der Waals surface area contributed by atoms with Gasteiger partial charge in [0.25, 0.3) is 11.7 Å². The van der Waals surface area contributed by atoms with Crippen LogP contribution in [-0.2, 0) is 14.3 Å². The van der Waals surface area contributed by atoms with Crippen LogP contribution in [-0.4, -0.2) is 58.5 Å². The van der Waals surface area contributed by atoms with E-state index in [0.29, 0.717) is 47.9 Å². The fourth-order valence-electron chi connectivity index (χ4n) is 4.15. The van der Waals surface area contributed by atoms with Crippen LogP contribution in [0.4, 0.5) is 0 Å². The number of pyridine rings is 1. The van der Waals surface area contributed by atoms with E-state index in [1.807, 2.05) is 18.2 Å². The molecule has 1 aliphatic heterocycles. The number of carbonyl (C=O) groups is 2. The summed E-state index contributed by atoms with van der Waals surface area (Å²) in [6.07, 6.45) is 2.33. The molecule has 1 aromatic carbocycles. The lowest BCUT2D eigenvalue weighted by atomic mass is 9.96. The van der Waals surface area contributed by atoms with Crippen LogP contribution in [0.15, 0.2) is 54.2 Å². The Kier molecular flexibility index (Phi) is 5.96. The molecule has 1 unspecified atom stereocenters. The van der Waals surface area contributed by atoms with E-state index < -0.39 is 17.7 Å². The van der Waals surface area contributed by atoms with Crippen LogP contribution >= 0.6 is 0 Å². The zero-order valence-electron chi connectivity index (χ0n) is 18.2. The van der Waals surface area contributed by atoms with Gasteiger partial charge in [-0.2, -0.15) is 0 Å². The minimum atomic E-state index is -0.730. The minimum Gasteiger partial charge on any atom is -0.505 e. The Morgan fingerprint density at radius 3 is 2.56 bits per heavy atom. The lowest BCUT2D eigenvalue weighted by Gasteiger charge is -2.25. The molecule has 1 atom stereocenters. The van der Waals surface area contributed by atoms with Gasteiger partial charge in [-0.05, 0) is 43.2 Å². The number of rotatable bonds is 7. The number of ketones is 1. The minimum absolute atomic E-state index is 0.0475. The zero-order chi connectivity index (χ0) is 22.8. The first-order valence-electron chi connectivity index (χ1n) is 10.3. The van der Waals surface area contributed by atoms with E-state index in [0.717, 1.165) is 0 Å². The molecule has 0 radical (unpaired) electrons. The van der Waals surface area contributed by atoms with Crippen molar-refractivity contribution < 1.29 is 24.2 Å². The summed E-state index contributed by atoms with van der Waals surface area (Å²) < 4.78 is 12.1. The molecule has 3 heterocycles. The maximum atomic E-state index is 13.1. The van der Waals surface area contributed by atoms with Gasteiger partial charge in [0.05, 0.1) is 24.4 Å². The summed E-state index contributed by atoms with van der Waals surface area (Å²) in [6, 6.07) is 11.9. The van der Waals surface area contributed by atoms with E-state index in [9.17, 15) is 14.7 Å². The maximum Gasteiger partial charge on any atom is 0.295 e. The molecule has 8 nitrogen and oxygen atoms in total. The van der Waals surface area contributed by atoms with Crippen molar-refractivity contribution in [1.82, 2.24) is 14.3 Å². The Hall–Kier alpha value is -3.65. The lowest BCUT2D eigenvalue weighted by molar-refractivity contribution is -0.140. The molecule has 8 heteroatoms. The fraction of sp³-hybridized carbons (Fsp3) is 0.292. The predicted molar refractivity (Wildman–Crippen MR) is 118 cm³/mol. The molecule has 0 aliphatic carbocycles. The van der Waals surface area contributed by atoms with Crippen LogP contribution in [0.2, 0.25) is 0 Å². The smallest absolute Gasteiger partial charge is 0.295 e. The van der Waals surface area contributed by atoms with Crippen LogP contribution in [0.5, 0.6) is 5.75 Å². The highest BCUT2D eigenvalue weighted by atomic mass is 16.5. The molecule has 0 bridgehead atoms. The lowest BCUT2D eigenvalue weighted by Crippen LogP contribution is -2.31. The summed E-state index contributed by atoms with van der Waals surface area (Å²) >= 11 is 0. The number of hydrogen-bond acceptors (Lipinski definition) is 6. The van der Waals surface area contributed by atoms with Crippen LogP contribution < -0.4 is 4.74 Å². The van der Waals surface area contributed by atoms with Gasteiger partial charge in [0.2, 0.25) is 0 Å². The highest BCUT2D eigenvalue weighted by Gasteiger charge is 2.46. The molecule has 0 spiro atoms. The average molecular weight is 435 g/mol. The molecule has 4 rings (SSSR count). The molecule has 32 heavy (non-hydrogen) atoms. The topological polar surface area (TPSA) is 93.4 Å². The number of Topliss-reactive ketones (excluding diaryl/α,β-unsaturated/α-hetero) is 1. The number of aliphatic hydroxyl groups is 1. The number of hydrogen-bond donors (Lipinski definition) is 1. The first kappa shape index (κ1) is 21.6. The molecule has 0 saturated carbocycles. The van der Waals surface area contributed by atoms with Crippen molar-refractivity contribution in [2.24, 2.45) is 0 Å². The summed E-state index contributed by atoms with van der Waals surface area (Å²) in [5.74, 6) is -0.946. The van der Waals surface area contributed by atoms with Gasteiger partial charge in [0.15, 0.2) is 5.76 Å². The first-order chi connectivity index (χ1) is 15.5. The monoisotopic (exact) mass is 435 g/mol. The van der Waals surface area contributed by atoms with E-state index in [4.69, 9.17) is 9.47 Å². The number of aryl methyl sites for hydroxylation is 1. The number of imidazole rings is 1. The molecule has 1 N–H and O–H groups in total. The van der Waals surface area contributed by atoms with Crippen molar-refractivity contribution in [2.75, 3.05) is 27.4 Å². The number of methoxy groups -OCH3 is 2. The molecule has 3 aromatic rings. The average Bonchev–Trinajstić information content (AvgIpc) is 3.27. The SMILES string of the molecule is COCCCN1C(=O)C(=O)C(=C(O)c2c(C)nc3ccccn23)C1c1ccc(OC)cc1. The molecule has 1 fully saturated rings. The van der Waals surface area contributed by atoms with Crippen molar-refractivity contribution in [3.63, 3.8) is 0 Å². The molecular formula is C24H25N3O5. The number of benzene rings is 1. The van der Waals surface area contributed by atoms with Gasteiger partial charge in [0, 0.05) is 26.5 Å². The number of nitrogens with zero attached hydrogens (tertiary/aromatic N) is 3. The van der Waals surface area contributed by atoms with Crippen molar-refractivity contribution in [2.45, 2.75) is 19.4 Å². The third-order valence-electron chi connectivity index (χ3n) is 5.65. The van der Waals surface area contributed by atoms with Crippen LogP contribution in [0.3, 0.4) is 0 Å². The number of aliphatic hydroxyl groups excluding tert-OH is 1. The third-order valence-corrected chi connectivity index (χ3v) is 5.65. The van der Waals surface area contributed by atoms with Crippen molar-refractivity contribution in [3.8, 4) is 5.75 Å². The van der Waals surface area contributed by atoms with E-state index in [1.54, 1.807) is 56.0 Å². The summed E-state index contributed by atoms with van der Waals surface area (Å²) in [4.78, 5) is 32.1. The standard InChI is InChI=1S/C24H25N3O5/c1-15-20(26-12-5-4-7-18(26)25-15)22(28)19-21(16-8-10-17(32-3)11-9-16)27(13-6-14-31-2)24(30)23(19)29/h4-5,7-12,21,28H,6,13-14H2,1-3H3. The van der Waals surface area contributed by atoms with Gasteiger partial charge in [0.1, 0.15) is 17.1 Å². The summed E-state index contributed by atoms with van der Waals surface area (Å²) in [5, 5.41) is 11.4. The van der Waals surface area contributed by atoms with E-state index >= 15 is 0 Å². The largest absolute Gasteiger partial charge is 0.505 e. The molecule has 1 amide bonds. The van der Waals surface area contributed by atoms with Crippen LogP contribution in [0.25, 0.3) is 11.4 Å². The molecule has 1 saturated heterocycles. The Morgan fingerprint density at radius 2 is 1.88 bits per heavy atom. The molecule has 166 valence electrons. The number of fused-ring (bicyclic) bond motifs is 1. The van der Waals surface area contributed by atoms with Gasteiger partial charge < -0.3 is 19.5 Å². The Balaban J connectivity index is 1.89. The van der Waals surface area contributed by atoms with Crippen LogP contribution in [0.1, 0.15) is 29.4 Å². The quantitative estimate of drug-likeness (QED) is 0.265. The normalized spacial score (nSPS) is 18.0. The number of carbonyl (C=O) groups excluding carboxylic acids is 2. The van der Waals surface area contributed by atoms with Crippen molar-refractivity contribution >= 4 is 23.1 Å². The zero-order valence-corrected chi connectivity index (χ0v) is 18.2. The van der Waals surface area contributed by atoms with Gasteiger partial charge in [-0.3, -0.25) is 14.0 Å². The highest BCUT2D eigenvalue weighted by Crippen LogP contribution is 2.40. The van der Waals surface area contributed by atoms with Crippen molar-refractivity contribution in [3.05, 3.63) is 71.2 Å². The number of ether oxygens (including phenoxy) is 2. The second-order valence-electron chi connectivity index (χ2n) is 7.59. The van der Waals surface area contributed by atoms with Crippen LogP contribution in [0, 0.1) is 6.92 Å². The maximum absolute atomic E-state index is 13.1. The Morgan fingerprint density at radius 1 is 1.12 bits per heavy atom. The summed E-state index contributed by atoms with van der Waals surface area (Å²) in [6.45, 7) is 2.53. The van der Waals surface area contributed by atoms with Gasteiger partial charge in [-0.15, -0.1) is 0 Å². The Bertz CT molecular complexity index is 1200. The first-order valence-corrected chi connectivity index (χ1v) is 10.3. The fourth-order valence-corrected chi connectivity index (χ4v) is 4.15. The molecular weight excluding hydrogens is 410 g/mol. The number of aromatic nitrogens is 2. The Labute approximate surface area is 185 Å². The summed E-state index contributed by atoms with van der Waals surface area (Å²) in [7, 11) is 3.15. The number of likely N-dealkylation sites (tertiary alicyclic amines) is 1. The van der Waals surface area contributed by atoms with Gasteiger partial charge in [-0.1, -0.05) is 18.2 Å². The van der Waals surface area contributed by atoms with E-state index in [1.165, 1.54) is 4.90 Å². The second kappa shape index (κ2) is 8.84. The van der Waals surface area contributed by atoms with Gasteiger partial charge in [-0.25, -0.2) is 4.98 Å². The summed E-state index contributed by atoms with van der Waals surface area (Å²) in [5.41, 5.74) is 2.35. The van der Waals surface area contributed by atoms with Crippen molar-refractivity contribution in [1.29, 1.82) is 0 Å². The molecule has 2 aromatic heterocycles. The van der Waals surface area contributed by atoms with E-state index in [2.05, 4.69) is 4.98 Å². The molecule has 1 aliphatic rings.